The van der Waals surface area contributed by atoms with Crippen LogP contribution in [-0.2, 0) is 12.7 Å². The number of ether oxygens (including phenoxy) is 1. The molecule has 1 fully saturated rings. The van der Waals surface area contributed by atoms with Crippen LogP contribution in [0.2, 0.25) is 0 Å². The molecule has 0 spiro atoms. The molecule has 1 N–H and O–H groups in total. The highest BCUT2D eigenvalue weighted by Crippen LogP contribution is 2.36. The fourth-order valence-corrected chi connectivity index (χ4v) is 5.64. The molecule has 2 aromatic carbocycles. The van der Waals surface area contributed by atoms with E-state index in [1.54, 1.807) is 42.7 Å². The van der Waals surface area contributed by atoms with Crippen LogP contribution in [0.3, 0.4) is 0 Å². The van der Waals surface area contributed by atoms with Gasteiger partial charge in [-0.15, -0.1) is 0 Å². The van der Waals surface area contributed by atoms with Gasteiger partial charge in [-0.3, -0.25) is 14.7 Å². The topological polar surface area (TPSA) is 85.7 Å². The Balaban J connectivity index is 1.21. The maximum absolute atomic E-state index is 14.1. The van der Waals surface area contributed by atoms with Gasteiger partial charge in [0.25, 0.3) is 5.91 Å². The number of rotatable bonds is 7. The Bertz CT molecular complexity index is 1670. The second-order valence-corrected chi connectivity index (χ2v) is 11.7. The number of amidine groups is 1. The number of fused-ring (bicyclic) bond motifs is 1. The highest BCUT2D eigenvalue weighted by Gasteiger charge is 2.48. The Hall–Kier alpha value is -4.55. The van der Waals surface area contributed by atoms with Crippen molar-refractivity contribution in [3.63, 3.8) is 0 Å². The van der Waals surface area contributed by atoms with Crippen LogP contribution in [0.15, 0.2) is 89.3 Å². The number of amides is 1. The smallest absolute Gasteiger partial charge is 0.416 e. The Labute approximate surface area is 259 Å². The van der Waals surface area contributed by atoms with Crippen LogP contribution in [0.5, 0.6) is 5.75 Å². The molecule has 0 aliphatic carbocycles. The number of carbonyl (C=O) groups excluding carboxylic acids is 1. The quantitative estimate of drug-likeness (QED) is 0.405. The van der Waals surface area contributed by atoms with E-state index in [0.29, 0.717) is 24.7 Å². The first-order valence-electron chi connectivity index (χ1n) is 14.7. The Morgan fingerprint density at radius 1 is 1.07 bits per heavy atom. The van der Waals surface area contributed by atoms with Gasteiger partial charge in [0.15, 0.2) is 5.84 Å². The summed E-state index contributed by atoms with van der Waals surface area (Å²) in [5, 5.41) is 2.63. The summed E-state index contributed by atoms with van der Waals surface area (Å²) >= 11 is 0. The summed E-state index contributed by atoms with van der Waals surface area (Å²) in [6.45, 7) is 5.17. The molecular formula is C33H34F3N7O2. The van der Waals surface area contributed by atoms with Crippen LogP contribution in [0, 0.1) is 0 Å². The molecule has 1 amide bonds. The van der Waals surface area contributed by atoms with Crippen LogP contribution in [-0.4, -0.2) is 89.2 Å². The molecule has 12 heteroatoms. The third-order valence-electron chi connectivity index (χ3n) is 8.58. The number of nitrogens with zero attached hydrogens (tertiary/aromatic N) is 6. The number of hydrogen-bond donors (Lipinski definition) is 1. The summed E-state index contributed by atoms with van der Waals surface area (Å²) in [5.74, 6) is 0.297. The Kier molecular flexibility index (Phi) is 8.19. The molecule has 2 atom stereocenters. The molecule has 234 valence electrons. The summed E-state index contributed by atoms with van der Waals surface area (Å²) in [6.07, 6.45) is 1.89. The number of aromatic nitrogens is 1. The molecule has 2 unspecified atom stereocenters. The number of likely N-dealkylation sites (N-methyl/N-ethyl adjacent to an activating group) is 2. The number of piperazine rings is 1. The lowest BCUT2D eigenvalue weighted by molar-refractivity contribution is -0.138. The molecule has 3 aromatic rings. The zero-order chi connectivity index (χ0) is 31.8. The average Bonchev–Trinajstić information content (AvgIpc) is 3.33. The first kappa shape index (κ1) is 30.5. The molecular weight excluding hydrogens is 583 g/mol. The predicted molar refractivity (Wildman–Crippen MR) is 167 cm³/mol. The average molecular weight is 618 g/mol. The van der Waals surface area contributed by atoms with Crippen molar-refractivity contribution >= 4 is 23.1 Å². The predicted octanol–water partition coefficient (Wildman–Crippen LogP) is 4.92. The summed E-state index contributed by atoms with van der Waals surface area (Å²) in [6, 6.07) is 14.1. The van der Waals surface area contributed by atoms with E-state index < -0.39 is 29.4 Å². The van der Waals surface area contributed by atoms with Gasteiger partial charge in [0.2, 0.25) is 6.23 Å². The molecule has 3 aliphatic rings. The minimum atomic E-state index is -4.56. The van der Waals surface area contributed by atoms with E-state index in [9.17, 15) is 18.0 Å². The van der Waals surface area contributed by atoms with Crippen LogP contribution in [0.4, 0.5) is 18.9 Å². The molecule has 4 heterocycles. The van der Waals surface area contributed by atoms with Crippen molar-refractivity contribution in [3.8, 4) is 5.75 Å². The maximum atomic E-state index is 14.1. The second-order valence-electron chi connectivity index (χ2n) is 11.7. The number of aliphatic imine (C=N–C) groups is 2. The molecule has 1 saturated heterocycles. The second kappa shape index (κ2) is 12.1. The van der Waals surface area contributed by atoms with Gasteiger partial charge in [0, 0.05) is 75.2 Å². The van der Waals surface area contributed by atoms with Crippen LogP contribution < -0.4 is 10.1 Å². The highest BCUT2D eigenvalue weighted by molar-refractivity contribution is 6.16. The van der Waals surface area contributed by atoms with Crippen molar-refractivity contribution in [1.29, 1.82) is 0 Å². The Morgan fingerprint density at radius 2 is 1.87 bits per heavy atom. The lowest BCUT2D eigenvalue weighted by atomic mass is 9.92. The van der Waals surface area contributed by atoms with E-state index in [2.05, 4.69) is 15.2 Å². The van der Waals surface area contributed by atoms with E-state index >= 15 is 0 Å². The van der Waals surface area contributed by atoms with Crippen LogP contribution in [0.1, 0.15) is 34.0 Å². The van der Waals surface area contributed by atoms with Gasteiger partial charge in [-0.05, 0) is 68.1 Å². The number of carbonyl (C=O) groups is 1. The third kappa shape index (κ3) is 6.34. The number of halogens is 3. The zero-order valence-electron chi connectivity index (χ0n) is 25.3. The van der Waals surface area contributed by atoms with Gasteiger partial charge in [-0.1, -0.05) is 12.1 Å². The fraction of sp³-hybridized carbons (Fsp3) is 0.333. The van der Waals surface area contributed by atoms with Crippen LogP contribution >= 0.6 is 0 Å². The minimum Gasteiger partial charge on any atom is -0.466 e. The third-order valence-corrected chi connectivity index (χ3v) is 8.58. The SMILES string of the molecule is CN1CCN(Cc2ccc(NC(=O)c3cccc(OC4N=C(c5cccnc5)N=C5C=CN(C)C54C)c3)cc2C(F)(F)F)CC1. The van der Waals surface area contributed by atoms with E-state index in [1.807, 2.05) is 49.2 Å². The van der Waals surface area contributed by atoms with Crippen molar-refractivity contribution in [2.45, 2.75) is 31.4 Å². The molecule has 0 saturated carbocycles. The van der Waals surface area contributed by atoms with Crippen molar-refractivity contribution < 1.29 is 22.7 Å². The molecule has 6 rings (SSSR count). The number of pyridine rings is 1. The lowest BCUT2D eigenvalue weighted by Crippen LogP contribution is -2.56. The van der Waals surface area contributed by atoms with Gasteiger partial charge in [0.1, 0.15) is 11.3 Å². The number of anilines is 1. The molecule has 45 heavy (non-hydrogen) atoms. The summed E-state index contributed by atoms with van der Waals surface area (Å²) in [5.41, 5.74) is 0.526. The summed E-state index contributed by atoms with van der Waals surface area (Å²) < 4.78 is 48.6. The normalized spacial score (nSPS) is 22.1. The van der Waals surface area contributed by atoms with Crippen molar-refractivity contribution in [2.75, 3.05) is 45.6 Å². The van der Waals surface area contributed by atoms with E-state index in [4.69, 9.17) is 14.7 Å². The van der Waals surface area contributed by atoms with Gasteiger partial charge in [-0.2, -0.15) is 13.2 Å². The monoisotopic (exact) mass is 617 g/mol. The molecule has 0 bridgehead atoms. The first-order chi connectivity index (χ1) is 21.5. The molecule has 9 nitrogen and oxygen atoms in total. The van der Waals surface area contributed by atoms with E-state index in [-0.39, 0.29) is 23.4 Å². The standard InChI is InChI=1S/C33H34F3N7O2/c1-32-28(11-13-42(32)3)39-29(23-7-5-12-37-20-23)40-31(32)45-26-8-4-6-22(18-26)30(44)38-25-10-9-24(27(19-25)33(34,35)36)21-43-16-14-41(2)15-17-43/h4-13,18-20,31H,14-17,21H2,1-3H3,(H,38,44). The van der Waals surface area contributed by atoms with Crippen molar-refractivity contribution in [2.24, 2.45) is 9.98 Å². The van der Waals surface area contributed by atoms with E-state index in [0.717, 1.165) is 30.4 Å². The maximum Gasteiger partial charge on any atom is 0.416 e. The van der Waals surface area contributed by atoms with Gasteiger partial charge in [0.05, 0.1) is 11.3 Å². The van der Waals surface area contributed by atoms with Crippen molar-refractivity contribution in [3.05, 3.63) is 102 Å². The lowest BCUT2D eigenvalue weighted by Gasteiger charge is -2.40. The number of nitrogens with one attached hydrogen (secondary N) is 1. The van der Waals surface area contributed by atoms with Crippen LogP contribution in [0.25, 0.3) is 0 Å². The molecule has 3 aliphatic heterocycles. The molecule has 0 radical (unpaired) electrons. The molecule has 1 aromatic heterocycles. The highest BCUT2D eigenvalue weighted by atomic mass is 19.4. The summed E-state index contributed by atoms with van der Waals surface area (Å²) in [7, 11) is 3.91. The fourth-order valence-electron chi connectivity index (χ4n) is 5.64. The zero-order valence-corrected chi connectivity index (χ0v) is 25.3. The number of hydrogen-bond acceptors (Lipinski definition) is 8. The van der Waals surface area contributed by atoms with Crippen molar-refractivity contribution in [1.82, 2.24) is 19.7 Å². The minimum absolute atomic E-state index is 0.0609. The number of alkyl halides is 3. The van der Waals surface area contributed by atoms with E-state index in [1.165, 1.54) is 12.1 Å². The number of benzene rings is 2. The Morgan fingerprint density at radius 3 is 2.60 bits per heavy atom. The van der Waals surface area contributed by atoms with Gasteiger partial charge < -0.3 is 19.9 Å². The first-order valence-corrected chi connectivity index (χ1v) is 14.7. The van der Waals surface area contributed by atoms with Gasteiger partial charge in [-0.25, -0.2) is 9.98 Å². The largest absolute Gasteiger partial charge is 0.466 e. The van der Waals surface area contributed by atoms with Gasteiger partial charge >= 0.3 is 6.18 Å². The summed E-state index contributed by atoms with van der Waals surface area (Å²) in [4.78, 5) is 33.1.